The Bertz CT molecular complexity index is 248. The van der Waals surface area contributed by atoms with Gasteiger partial charge in [-0.1, -0.05) is 18.2 Å². The van der Waals surface area contributed by atoms with Crippen molar-refractivity contribution in [3.8, 4) is 0 Å². The first-order valence-corrected chi connectivity index (χ1v) is 4.14. The number of hydrogen-bond acceptors (Lipinski definition) is 2. The van der Waals surface area contributed by atoms with Crippen molar-refractivity contribution in [3.05, 3.63) is 30.3 Å². The Morgan fingerprint density at radius 3 is 2.62 bits per heavy atom. The summed E-state index contributed by atoms with van der Waals surface area (Å²) in [6.45, 7) is 1.14. The van der Waals surface area contributed by atoms with Crippen molar-refractivity contribution in [2.75, 3.05) is 25.2 Å². The number of rotatable bonds is 5. The van der Waals surface area contributed by atoms with Gasteiger partial charge in [0.05, 0.1) is 6.61 Å². The van der Waals surface area contributed by atoms with E-state index >= 15 is 0 Å². The molecule has 0 aliphatic heterocycles. The van der Waals surface area contributed by atoms with Gasteiger partial charge in [0.15, 0.2) is 0 Å². The molecular formula is C10H13NO2. The number of hydrogen-bond donors (Lipinski definition) is 0. The highest BCUT2D eigenvalue weighted by Crippen LogP contribution is 2.10. The van der Waals surface area contributed by atoms with E-state index in [1.54, 1.807) is 12.0 Å². The van der Waals surface area contributed by atoms with Gasteiger partial charge in [-0.25, -0.2) is 0 Å². The summed E-state index contributed by atoms with van der Waals surface area (Å²) >= 11 is 0. The molecule has 0 fully saturated rings. The number of carbonyl (C=O) groups is 1. The molecule has 0 saturated carbocycles. The van der Waals surface area contributed by atoms with Crippen LogP contribution in [-0.2, 0) is 9.53 Å². The maximum absolute atomic E-state index is 10.7. The Hall–Kier alpha value is -1.35. The summed E-state index contributed by atoms with van der Waals surface area (Å²) in [7, 11) is 1.62. The van der Waals surface area contributed by atoms with Crippen molar-refractivity contribution < 1.29 is 9.53 Å². The molecule has 1 aromatic rings. The summed E-state index contributed by atoms with van der Waals surface area (Å²) < 4.78 is 4.90. The minimum atomic E-state index is 0.549. The van der Waals surface area contributed by atoms with E-state index in [4.69, 9.17) is 4.74 Å². The van der Waals surface area contributed by atoms with Crippen LogP contribution >= 0.6 is 0 Å². The van der Waals surface area contributed by atoms with Crippen LogP contribution in [0.3, 0.4) is 0 Å². The summed E-state index contributed by atoms with van der Waals surface area (Å²) in [6, 6.07) is 9.51. The zero-order valence-electron chi connectivity index (χ0n) is 7.64. The van der Waals surface area contributed by atoms with Gasteiger partial charge in [-0.2, -0.15) is 0 Å². The Kier molecular flexibility index (Phi) is 3.99. The van der Waals surface area contributed by atoms with Gasteiger partial charge in [0.25, 0.3) is 0 Å². The van der Waals surface area contributed by atoms with E-state index in [0.29, 0.717) is 13.2 Å². The molecule has 3 heteroatoms. The van der Waals surface area contributed by atoms with Crippen LogP contribution in [0.5, 0.6) is 0 Å². The molecule has 0 N–H and O–H groups in total. The lowest BCUT2D eigenvalue weighted by molar-refractivity contribution is -0.107. The molecule has 0 saturated heterocycles. The second-order valence-corrected chi connectivity index (χ2v) is 2.63. The van der Waals surface area contributed by atoms with Crippen LogP contribution in [0.25, 0.3) is 0 Å². The molecule has 13 heavy (non-hydrogen) atoms. The van der Waals surface area contributed by atoms with Crippen molar-refractivity contribution in [1.82, 2.24) is 0 Å². The number of anilines is 1. The number of methoxy groups -OCH3 is 1. The first-order valence-electron chi connectivity index (χ1n) is 4.14. The summed E-state index contributed by atoms with van der Waals surface area (Å²) in [6.07, 6.45) is 0.814. The monoisotopic (exact) mass is 179 g/mol. The number of ether oxygens (including phenoxy) is 1. The quantitative estimate of drug-likeness (QED) is 0.637. The van der Waals surface area contributed by atoms with E-state index < -0.39 is 0 Å². The Morgan fingerprint density at radius 2 is 2.08 bits per heavy atom. The maximum atomic E-state index is 10.7. The SMILES string of the molecule is COCCN(C=O)c1ccccc1. The number of benzene rings is 1. The molecule has 0 aromatic heterocycles. The molecule has 0 spiro atoms. The molecule has 70 valence electrons. The van der Waals surface area contributed by atoms with Gasteiger partial charge in [-0.15, -0.1) is 0 Å². The summed E-state index contributed by atoms with van der Waals surface area (Å²) in [4.78, 5) is 12.3. The van der Waals surface area contributed by atoms with E-state index in [9.17, 15) is 4.79 Å². The van der Waals surface area contributed by atoms with Gasteiger partial charge in [0.1, 0.15) is 0 Å². The highest BCUT2D eigenvalue weighted by molar-refractivity contribution is 5.74. The predicted molar refractivity (Wildman–Crippen MR) is 51.7 cm³/mol. The van der Waals surface area contributed by atoms with Crippen LogP contribution in [0.1, 0.15) is 0 Å². The molecule has 0 radical (unpaired) electrons. The van der Waals surface area contributed by atoms with E-state index in [0.717, 1.165) is 12.1 Å². The van der Waals surface area contributed by atoms with Crippen molar-refractivity contribution in [3.63, 3.8) is 0 Å². The molecule has 0 heterocycles. The smallest absolute Gasteiger partial charge is 0.214 e. The van der Waals surface area contributed by atoms with Gasteiger partial charge in [-0.05, 0) is 12.1 Å². The fraction of sp³-hybridized carbons (Fsp3) is 0.300. The second-order valence-electron chi connectivity index (χ2n) is 2.63. The molecule has 3 nitrogen and oxygen atoms in total. The zero-order valence-corrected chi connectivity index (χ0v) is 7.64. The highest BCUT2D eigenvalue weighted by atomic mass is 16.5. The van der Waals surface area contributed by atoms with Crippen LogP contribution in [0, 0.1) is 0 Å². The zero-order chi connectivity index (χ0) is 9.52. The van der Waals surface area contributed by atoms with Crippen molar-refractivity contribution in [1.29, 1.82) is 0 Å². The molecule has 0 unspecified atom stereocenters. The molecule has 0 atom stereocenters. The van der Waals surface area contributed by atoms with E-state index in [-0.39, 0.29) is 0 Å². The summed E-state index contributed by atoms with van der Waals surface area (Å²) in [5, 5.41) is 0. The second kappa shape index (κ2) is 5.32. The van der Waals surface area contributed by atoms with Crippen molar-refractivity contribution in [2.45, 2.75) is 0 Å². The van der Waals surface area contributed by atoms with Crippen molar-refractivity contribution >= 4 is 12.1 Å². The lowest BCUT2D eigenvalue weighted by Crippen LogP contribution is -2.25. The number of nitrogens with zero attached hydrogens (tertiary/aromatic N) is 1. The fourth-order valence-electron chi connectivity index (χ4n) is 1.05. The molecule has 0 bridgehead atoms. The normalized spacial score (nSPS) is 9.62. The van der Waals surface area contributed by atoms with Crippen molar-refractivity contribution in [2.24, 2.45) is 0 Å². The third-order valence-corrected chi connectivity index (χ3v) is 1.75. The Morgan fingerprint density at radius 1 is 1.38 bits per heavy atom. The van der Waals surface area contributed by atoms with E-state index in [2.05, 4.69) is 0 Å². The Labute approximate surface area is 77.9 Å². The van der Waals surface area contributed by atoms with Gasteiger partial charge in [0.2, 0.25) is 6.41 Å². The van der Waals surface area contributed by atoms with E-state index in [1.807, 2.05) is 30.3 Å². The van der Waals surface area contributed by atoms with Gasteiger partial charge < -0.3 is 9.64 Å². The fourth-order valence-corrected chi connectivity index (χ4v) is 1.05. The first-order chi connectivity index (χ1) is 6.38. The van der Waals surface area contributed by atoms with Crippen LogP contribution in [0.2, 0.25) is 0 Å². The van der Waals surface area contributed by atoms with Crippen LogP contribution in [0.4, 0.5) is 5.69 Å². The third-order valence-electron chi connectivity index (χ3n) is 1.75. The van der Waals surface area contributed by atoms with Crippen LogP contribution in [-0.4, -0.2) is 26.7 Å². The minimum Gasteiger partial charge on any atom is -0.383 e. The standard InChI is InChI=1S/C10H13NO2/c1-13-8-7-11(9-12)10-5-3-2-4-6-10/h2-6,9H,7-8H2,1H3. The molecule has 1 amide bonds. The van der Waals surface area contributed by atoms with Gasteiger partial charge in [0, 0.05) is 19.3 Å². The minimum absolute atomic E-state index is 0.549. The van der Waals surface area contributed by atoms with Crippen LogP contribution in [0.15, 0.2) is 30.3 Å². The Balaban J connectivity index is 2.61. The average Bonchev–Trinajstić information content (AvgIpc) is 2.21. The lowest BCUT2D eigenvalue weighted by atomic mass is 10.3. The maximum Gasteiger partial charge on any atom is 0.214 e. The summed E-state index contributed by atoms with van der Waals surface area (Å²) in [5.41, 5.74) is 0.898. The average molecular weight is 179 g/mol. The number of para-hydroxylation sites is 1. The molecule has 0 aliphatic carbocycles. The lowest BCUT2D eigenvalue weighted by Gasteiger charge is -2.16. The molecule has 1 aromatic carbocycles. The summed E-state index contributed by atoms with van der Waals surface area (Å²) in [5.74, 6) is 0. The highest BCUT2D eigenvalue weighted by Gasteiger charge is 2.02. The van der Waals surface area contributed by atoms with Crippen LogP contribution < -0.4 is 4.90 Å². The third kappa shape index (κ3) is 2.87. The molecule has 0 aliphatic rings. The van der Waals surface area contributed by atoms with Gasteiger partial charge >= 0.3 is 0 Å². The predicted octanol–water partition coefficient (Wildman–Crippen LogP) is 1.30. The molecule has 1 rings (SSSR count). The number of carbonyl (C=O) groups excluding carboxylic acids is 1. The van der Waals surface area contributed by atoms with Gasteiger partial charge in [-0.3, -0.25) is 4.79 Å². The first kappa shape index (κ1) is 9.74. The van der Waals surface area contributed by atoms with E-state index in [1.165, 1.54) is 0 Å². The largest absolute Gasteiger partial charge is 0.383 e. The molecular weight excluding hydrogens is 166 g/mol. The number of amides is 1. The topological polar surface area (TPSA) is 29.5 Å².